The van der Waals surface area contributed by atoms with Crippen LogP contribution in [0.5, 0.6) is 5.75 Å². The minimum absolute atomic E-state index is 0.103. The molecule has 2 rings (SSSR count). The van der Waals surface area contributed by atoms with Crippen molar-refractivity contribution in [3.63, 3.8) is 0 Å². The van der Waals surface area contributed by atoms with Crippen LogP contribution in [-0.2, 0) is 22.9 Å². The molecule has 1 amide bonds. The fourth-order valence-electron chi connectivity index (χ4n) is 1.88. The maximum absolute atomic E-state index is 12.6. The van der Waals surface area contributed by atoms with Gasteiger partial charge in [0.2, 0.25) is 0 Å². The van der Waals surface area contributed by atoms with Crippen LogP contribution in [0.15, 0.2) is 41.6 Å². The molecule has 7 nitrogen and oxygen atoms in total. The number of carbonyl (C=O) groups is 1. The van der Waals surface area contributed by atoms with E-state index in [0.29, 0.717) is 27.7 Å². The maximum Gasteiger partial charge on any atom is 0.440 e. The Kier molecular flexibility index (Phi) is 7.16. The topological polar surface area (TPSA) is 82.0 Å². The molecule has 0 aliphatic carbocycles. The summed E-state index contributed by atoms with van der Waals surface area (Å²) in [6, 6.07) is 9.91. The molecule has 138 valence electrons. The molecule has 0 saturated carbocycles. The number of oxime groups is 1. The van der Waals surface area contributed by atoms with E-state index in [9.17, 15) is 9.18 Å². The van der Waals surface area contributed by atoms with Crippen molar-refractivity contribution in [1.82, 2.24) is 10.5 Å². The molecule has 0 unspecified atom stereocenters. The number of hydrogen-bond acceptors (Lipinski definition) is 6. The van der Waals surface area contributed by atoms with Crippen molar-refractivity contribution in [1.29, 1.82) is 0 Å². The van der Waals surface area contributed by atoms with Gasteiger partial charge in [0.1, 0.15) is 6.67 Å². The van der Waals surface area contributed by atoms with Crippen LogP contribution < -0.4 is 10.3 Å². The van der Waals surface area contributed by atoms with Gasteiger partial charge in [-0.1, -0.05) is 28.9 Å². The molecule has 0 atom stereocenters. The maximum atomic E-state index is 12.6. The van der Waals surface area contributed by atoms with E-state index in [0.717, 1.165) is 0 Å². The summed E-state index contributed by atoms with van der Waals surface area (Å²) in [4.78, 5) is 25.5. The van der Waals surface area contributed by atoms with Crippen molar-refractivity contribution in [2.45, 2.75) is 20.2 Å². The first-order valence-electron chi connectivity index (χ1n) is 7.51. The zero-order chi connectivity index (χ0) is 18.9. The third-order valence-electron chi connectivity index (χ3n) is 3.19. The fourth-order valence-corrected chi connectivity index (χ4v) is 2.03. The number of hydroxylamine groups is 1. The summed E-state index contributed by atoms with van der Waals surface area (Å²) in [5.74, 6) is 0.224. The van der Waals surface area contributed by atoms with Crippen molar-refractivity contribution in [3.8, 4) is 5.75 Å². The van der Waals surface area contributed by atoms with Crippen LogP contribution in [0.25, 0.3) is 0 Å². The number of hydrogen-bond donors (Lipinski definition) is 1. The molecule has 1 heterocycles. The van der Waals surface area contributed by atoms with Gasteiger partial charge in [0.05, 0.1) is 29.2 Å². The molecule has 0 bridgehead atoms. The molecule has 9 heteroatoms. The Hall–Kier alpha value is -2.87. The number of nitrogens with zero attached hydrogens (tertiary/aromatic N) is 2. The Morgan fingerprint density at radius 3 is 2.81 bits per heavy atom. The van der Waals surface area contributed by atoms with E-state index in [1.165, 1.54) is 7.11 Å². The monoisotopic (exact) mass is 381 g/mol. The number of amides is 1. The van der Waals surface area contributed by atoms with Gasteiger partial charge in [0.15, 0.2) is 12.4 Å². The summed E-state index contributed by atoms with van der Waals surface area (Å²) < 4.78 is 17.0. The van der Waals surface area contributed by atoms with Crippen LogP contribution in [0.4, 0.5) is 9.18 Å². The second kappa shape index (κ2) is 9.57. The number of halogens is 2. The van der Waals surface area contributed by atoms with Gasteiger partial charge in [0.25, 0.3) is 0 Å². The highest BCUT2D eigenvalue weighted by molar-refractivity contribution is 6.32. The second-order valence-electron chi connectivity index (χ2n) is 5.04. The Morgan fingerprint density at radius 2 is 2.08 bits per heavy atom. The number of aromatic nitrogens is 1. The van der Waals surface area contributed by atoms with E-state index >= 15 is 0 Å². The highest BCUT2D eigenvalue weighted by Gasteiger charge is 2.08. The summed E-state index contributed by atoms with van der Waals surface area (Å²) in [6.45, 7) is 1.20. The third kappa shape index (κ3) is 5.59. The van der Waals surface area contributed by atoms with Crippen LogP contribution >= 0.6 is 11.6 Å². The lowest BCUT2D eigenvalue weighted by atomic mass is 10.1. The van der Waals surface area contributed by atoms with Gasteiger partial charge in [-0.3, -0.25) is 4.98 Å². The van der Waals surface area contributed by atoms with Crippen molar-refractivity contribution < 1.29 is 23.6 Å². The van der Waals surface area contributed by atoms with Gasteiger partial charge in [-0.25, -0.2) is 9.18 Å². The molecule has 0 saturated heterocycles. The van der Waals surface area contributed by atoms with Gasteiger partial charge in [-0.2, -0.15) is 5.48 Å². The third-order valence-corrected chi connectivity index (χ3v) is 3.51. The Morgan fingerprint density at radius 1 is 1.31 bits per heavy atom. The molecule has 0 aliphatic rings. The molecule has 1 aromatic carbocycles. The van der Waals surface area contributed by atoms with Gasteiger partial charge in [-0.05, 0) is 31.2 Å². The minimum Gasteiger partial charge on any atom is -0.451 e. The average molecular weight is 382 g/mol. The first-order chi connectivity index (χ1) is 12.5. The molecule has 0 fully saturated rings. The van der Waals surface area contributed by atoms with Crippen LogP contribution in [-0.4, -0.2) is 23.9 Å². The molecular formula is C17H17ClFN3O4. The molecule has 1 aromatic heterocycles. The minimum atomic E-state index is -0.761. The summed E-state index contributed by atoms with van der Waals surface area (Å²) in [6.07, 6.45) is -0.761. The fraction of sp³-hybridized carbons (Fsp3) is 0.235. The number of ether oxygens (including phenoxy) is 1. The zero-order valence-corrected chi connectivity index (χ0v) is 14.9. The summed E-state index contributed by atoms with van der Waals surface area (Å²) in [5.41, 5.74) is 4.20. The lowest BCUT2D eigenvalue weighted by Gasteiger charge is -2.09. The number of rotatable bonds is 7. The van der Waals surface area contributed by atoms with E-state index in [1.54, 1.807) is 43.3 Å². The average Bonchev–Trinajstić information content (AvgIpc) is 2.67. The lowest BCUT2D eigenvalue weighted by molar-refractivity contribution is 0.118. The number of carbonyl (C=O) groups excluding carboxylic acids is 1. The highest BCUT2D eigenvalue weighted by Crippen LogP contribution is 2.25. The smallest absolute Gasteiger partial charge is 0.440 e. The van der Waals surface area contributed by atoms with Crippen LogP contribution in [0, 0.1) is 0 Å². The molecule has 0 aliphatic heterocycles. The van der Waals surface area contributed by atoms with Crippen molar-refractivity contribution in [2.75, 3.05) is 7.11 Å². The van der Waals surface area contributed by atoms with Crippen LogP contribution in [0.1, 0.15) is 23.9 Å². The lowest BCUT2D eigenvalue weighted by Crippen LogP contribution is -2.26. The summed E-state index contributed by atoms with van der Waals surface area (Å²) in [7, 11) is 1.21. The summed E-state index contributed by atoms with van der Waals surface area (Å²) in [5, 5.41) is 4.30. The molecule has 26 heavy (non-hydrogen) atoms. The standard InChI is InChI=1S/C17H17ClFN3O4/c1-11(21-25-10-14-5-3-4-13(9-19)20-14)12-6-7-15(18)16(8-12)26-22-17(23)24-2/h3-8H,9-10H2,1-2H3,(H,22,23)/b21-11+. The zero-order valence-electron chi connectivity index (χ0n) is 14.2. The quantitative estimate of drug-likeness (QED) is 0.582. The molecular weight excluding hydrogens is 365 g/mol. The molecule has 2 aromatic rings. The predicted molar refractivity (Wildman–Crippen MR) is 93.7 cm³/mol. The van der Waals surface area contributed by atoms with Crippen LogP contribution in [0.2, 0.25) is 5.02 Å². The van der Waals surface area contributed by atoms with Gasteiger partial charge >= 0.3 is 6.09 Å². The number of pyridine rings is 1. The second-order valence-corrected chi connectivity index (χ2v) is 5.45. The first kappa shape index (κ1) is 19.5. The Labute approximate surface area is 154 Å². The van der Waals surface area contributed by atoms with Crippen LogP contribution in [0.3, 0.4) is 0 Å². The SMILES string of the molecule is COC(=O)NOc1cc(/C(C)=N/OCc2cccc(CF)n2)ccc1Cl. The predicted octanol–water partition coefficient (Wildman–Crippen LogP) is 3.80. The number of alkyl halides is 1. The molecule has 1 N–H and O–H groups in total. The first-order valence-corrected chi connectivity index (χ1v) is 7.89. The number of nitrogens with one attached hydrogen (secondary N) is 1. The van der Waals surface area contributed by atoms with E-state index in [2.05, 4.69) is 20.4 Å². The summed E-state index contributed by atoms with van der Waals surface area (Å²) >= 11 is 6.01. The van der Waals surface area contributed by atoms with Crippen molar-refractivity contribution in [3.05, 3.63) is 58.4 Å². The normalized spacial score (nSPS) is 11.0. The number of benzene rings is 1. The van der Waals surface area contributed by atoms with E-state index in [1.807, 2.05) is 0 Å². The van der Waals surface area contributed by atoms with E-state index in [-0.39, 0.29) is 12.4 Å². The Balaban J connectivity index is 2.02. The van der Waals surface area contributed by atoms with Gasteiger partial charge in [-0.15, -0.1) is 0 Å². The molecule has 0 radical (unpaired) electrons. The number of methoxy groups -OCH3 is 1. The van der Waals surface area contributed by atoms with E-state index in [4.69, 9.17) is 21.3 Å². The van der Waals surface area contributed by atoms with Crippen molar-refractivity contribution >= 4 is 23.4 Å². The Bertz CT molecular complexity index is 801. The molecule has 0 spiro atoms. The highest BCUT2D eigenvalue weighted by atomic mass is 35.5. The van der Waals surface area contributed by atoms with E-state index < -0.39 is 12.8 Å². The van der Waals surface area contributed by atoms with Gasteiger partial charge < -0.3 is 14.4 Å². The van der Waals surface area contributed by atoms with Gasteiger partial charge in [0, 0.05) is 5.56 Å². The largest absolute Gasteiger partial charge is 0.451 e. The van der Waals surface area contributed by atoms with Crippen molar-refractivity contribution in [2.24, 2.45) is 5.16 Å².